The normalized spacial score (nSPS) is 11.5. The van der Waals surface area contributed by atoms with E-state index in [9.17, 15) is 22.8 Å². The van der Waals surface area contributed by atoms with Crippen LogP contribution in [0.1, 0.15) is 63.2 Å². The van der Waals surface area contributed by atoms with Gasteiger partial charge in [-0.15, -0.1) is 0 Å². The number of ketones is 1. The van der Waals surface area contributed by atoms with Crippen LogP contribution < -0.4 is 0 Å². The average Bonchev–Trinajstić information content (AvgIpc) is 3.06. The molecule has 11 heteroatoms. The number of sulfonamides is 1. The fraction of sp³-hybridized carbons (Fsp3) is 0.409. The number of halogens is 1. The van der Waals surface area contributed by atoms with E-state index in [-0.39, 0.29) is 46.4 Å². The Balaban J connectivity index is 2.23. The lowest BCUT2D eigenvalue weighted by molar-refractivity contribution is 0.0472. The zero-order chi connectivity index (χ0) is 24.9. The van der Waals surface area contributed by atoms with Gasteiger partial charge in [-0.25, -0.2) is 18.0 Å². The Hall–Kier alpha value is -2.69. The summed E-state index contributed by atoms with van der Waals surface area (Å²) >= 11 is 6.08. The van der Waals surface area contributed by atoms with Crippen LogP contribution in [0.5, 0.6) is 0 Å². The largest absolute Gasteiger partial charge is 0.462 e. The van der Waals surface area contributed by atoms with Crippen LogP contribution in [-0.4, -0.2) is 61.7 Å². The van der Waals surface area contributed by atoms with E-state index in [4.69, 9.17) is 21.1 Å². The number of H-pyrrole nitrogens is 1. The molecule has 1 N–H and O–H groups in total. The van der Waals surface area contributed by atoms with Crippen LogP contribution in [0, 0.1) is 13.8 Å². The maximum atomic E-state index is 12.7. The van der Waals surface area contributed by atoms with Gasteiger partial charge in [0.15, 0.2) is 6.61 Å². The van der Waals surface area contributed by atoms with E-state index in [0.717, 1.165) is 6.07 Å². The van der Waals surface area contributed by atoms with Gasteiger partial charge in [0.2, 0.25) is 15.8 Å². The van der Waals surface area contributed by atoms with Crippen LogP contribution in [0.4, 0.5) is 0 Å². The molecule has 0 aliphatic rings. The van der Waals surface area contributed by atoms with Crippen molar-refractivity contribution in [1.29, 1.82) is 0 Å². The number of benzene rings is 1. The van der Waals surface area contributed by atoms with Crippen molar-refractivity contribution in [2.24, 2.45) is 0 Å². The Bertz CT molecular complexity index is 1170. The van der Waals surface area contributed by atoms with Crippen molar-refractivity contribution in [3.05, 3.63) is 51.3 Å². The van der Waals surface area contributed by atoms with Gasteiger partial charge in [0, 0.05) is 18.8 Å². The van der Waals surface area contributed by atoms with Gasteiger partial charge in [-0.1, -0.05) is 25.4 Å². The fourth-order valence-corrected chi connectivity index (χ4v) is 5.03. The van der Waals surface area contributed by atoms with Crippen LogP contribution in [-0.2, 0) is 19.5 Å². The monoisotopic (exact) mass is 498 g/mol. The first kappa shape index (κ1) is 26.6. The van der Waals surface area contributed by atoms with Gasteiger partial charge in [0.25, 0.3) is 0 Å². The number of aromatic nitrogens is 1. The minimum Gasteiger partial charge on any atom is -0.462 e. The third-order valence-corrected chi connectivity index (χ3v) is 7.41. The van der Waals surface area contributed by atoms with Gasteiger partial charge in [0.1, 0.15) is 0 Å². The molecule has 1 heterocycles. The number of aryl methyl sites for hydroxylation is 1. The minimum absolute atomic E-state index is 0.0116. The number of carbonyl (C=O) groups is 3. The number of ether oxygens (including phenoxy) is 2. The average molecular weight is 499 g/mol. The van der Waals surface area contributed by atoms with E-state index in [1.807, 2.05) is 0 Å². The first-order chi connectivity index (χ1) is 15.5. The summed E-state index contributed by atoms with van der Waals surface area (Å²) in [6.45, 7) is 8.38. The first-order valence-corrected chi connectivity index (χ1v) is 12.2. The van der Waals surface area contributed by atoms with Crippen LogP contribution in [0.15, 0.2) is 23.1 Å². The molecule has 0 saturated heterocycles. The molecule has 1 aromatic carbocycles. The second kappa shape index (κ2) is 11.0. The first-order valence-electron chi connectivity index (χ1n) is 10.4. The number of hydrogen-bond donors (Lipinski definition) is 1. The molecule has 33 heavy (non-hydrogen) atoms. The highest BCUT2D eigenvalue weighted by Crippen LogP contribution is 2.24. The predicted molar refractivity (Wildman–Crippen MR) is 122 cm³/mol. The molecule has 0 aliphatic heterocycles. The number of hydrogen-bond acceptors (Lipinski definition) is 7. The quantitative estimate of drug-likeness (QED) is 0.392. The van der Waals surface area contributed by atoms with Gasteiger partial charge in [-0.3, -0.25) is 4.79 Å². The number of carbonyl (C=O) groups excluding carboxylic acids is 3. The van der Waals surface area contributed by atoms with Crippen molar-refractivity contribution in [2.75, 3.05) is 26.3 Å². The van der Waals surface area contributed by atoms with Crippen molar-refractivity contribution in [3.8, 4) is 0 Å². The molecular formula is C22H27ClN2O7S. The second-order valence-electron chi connectivity index (χ2n) is 7.08. The smallest absolute Gasteiger partial charge is 0.340 e. The van der Waals surface area contributed by atoms with E-state index >= 15 is 0 Å². The van der Waals surface area contributed by atoms with Gasteiger partial charge >= 0.3 is 11.9 Å². The predicted octanol–water partition coefficient (Wildman–Crippen LogP) is 3.53. The summed E-state index contributed by atoms with van der Waals surface area (Å²) in [5.74, 6) is -2.07. The maximum Gasteiger partial charge on any atom is 0.340 e. The molecule has 0 amide bonds. The zero-order valence-corrected chi connectivity index (χ0v) is 20.7. The maximum absolute atomic E-state index is 12.7. The van der Waals surface area contributed by atoms with Crippen LogP contribution in [0.3, 0.4) is 0 Å². The molecule has 180 valence electrons. The highest BCUT2D eigenvalue weighted by Gasteiger charge is 2.26. The highest BCUT2D eigenvalue weighted by molar-refractivity contribution is 7.89. The Morgan fingerprint density at radius 3 is 2.24 bits per heavy atom. The third kappa shape index (κ3) is 5.63. The number of nitrogens with zero attached hydrogens (tertiary/aromatic N) is 1. The molecule has 9 nitrogen and oxygen atoms in total. The molecule has 0 aliphatic carbocycles. The lowest BCUT2D eigenvalue weighted by Gasteiger charge is -2.19. The van der Waals surface area contributed by atoms with E-state index < -0.39 is 34.4 Å². The lowest BCUT2D eigenvalue weighted by Crippen LogP contribution is -2.30. The van der Waals surface area contributed by atoms with Crippen LogP contribution in [0.2, 0.25) is 5.02 Å². The summed E-state index contributed by atoms with van der Waals surface area (Å²) < 4.78 is 36.8. The standard InChI is InChI=1S/C22H27ClN2O7S/c1-6-25(7-2)33(29,30)15-9-10-17(23)16(11-15)21(27)32-12-18(26)20-13(4)19(14(5)24-20)22(28)31-8-3/h9-11,24H,6-8,12H2,1-5H3. The van der Waals surface area contributed by atoms with E-state index in [1.165, 1.54) is 16.4 Å². The lowest BCUT2D eigenvalue weighted by atomic mass is 10.1. The molecule has 0 fully saturated rings. The SMILES string of the molecule is CCOC(=O)c1c(C)[nH]c(C(=O)COC(=O)c2cc(S(=O)(=O)N(CC)CC)ccc2Cl)c1C. The minimum atomic E-state index is -3.82. The Morgan fingerprint density at radius 2 is 1.67 bits per heavy atom. The Morgan fingerprint density at radius 1 is 1.03 bits per heavy atom. The molecule has 1 aromatic heterocycles. The van der Waals surface area contributed by atoms with Crippen molar-refractivity contribution in [1.82, 2.24) is 9.29 Å². The van der Waals surface area contributed by atoms with E-state index in [0.29, 0.717) is 11.3 Å². The molecule has 2 rings (SSSR count). The zero-order valence-electron chi connectivity index (χ0n) is 19.2. The summed E-state index contributed by atoms with van der Waals surface area (Å²) in [6, 6.07) is 3.73. The van der Waals surface area contributed by atoms with Crippen molar-refractivity contribution >= 4 is 39.3 Å². The van der Waals surface area contributed by atoms with Crippen LogP contribution in [0.25, 0.3) is 0 Å². The molecule has 0 radical (unpaired) electrons. The van der Waals surface area contributed by atoms with Gasteiger partial charge in [0.05, 0.1) is 33.3 Å². The number of Topliss-reactive ketones (excluding diaryl/α,β-unsaturated/α-hetero) is 1. The summed E-state index contributed by atoms with van der Waals surface area (Å²) in [5, 5.41) is -0.0116. The second-order valence-corrected chi connectivity index (χ2v) is 9.42. The number of aromatic amines is 1. The third-order valence-electron chi connectivity index (χ3n) is 5.03. The van der Waals surface area contributed by atoms with Crippen molar-refractivity contribution in [3.63, 3.8) is 0 Å². The molecular weight excluding hydrogens is 472 g/mol. The molecule has 0 spiro atoms. The Kier molecular flexibility index (Phi) is 8.82. The topological polar surface area (TPSA) is 123 Å². The number of rotatable bonds is 10. The van der Waals surface area contributed by atoms with Gasteiger partial charge in [-0.05, 0) is 44.5 Å². The van der Waals surface area contributed by atoms with E-state index in [2.05, 4.69) is 4.98 Å². The van der Waals surface area contributed by atoms with Crippen LogP contribution >= 0.6 is 11.6 Å². The number of esters is 2. The Labute approximate surface area is 198 Å². The number of nitrogens with one attached hydrogen (secondary N) is 1. The van der Waals surface area contributed by atoms with Gasteiger partial charge in [-0.2, -0.15) is 4.31 Å². The molecule has 0 atom stereocenters. The molecule has 0 bridgehead atoms. The summed E-state index contributed by atoms with van der Waals surface area (Å²) in [4.78, 5) is 40.0. The van der Waals surface area contributed by atoms with E-state index in [1.54, 1.807) is 34.6 Å². The fourth-order valence-electron chi connectivity index (χ4n) is 3.35. The molecule has 0 saturated carbocycles. The summed E-state index contributed by atoms with van der Waals surface area (Å²) in [6.07, 6.45) is 0. The summed E-state index contributed by atoms with van der Waals surface area (Å²) in [5.41, 5.74) is 1.04. The summed E-state index contributed by atoms with van der Waals surface area (Å²) in [7, 11) is -3.82. The molecule has 0 unspecified atom stereocenters. The van der Waals surface area contributed by atoms with Crippen molar-refractivity contribution < 1.29 is 32.3 Å². The molecule has 2 aromatic rings. The van der Waals surface area contributed by atoms with Gasteiger partial charge < -0.3 is 14.5 Å². The highest BCUT2D eigenvalue weighted by atomic mass is 35.5. The van der Waals surface area contributed by atoms with Crippen molar-refractivity contribution in [2.45, 2.75) is 39.5 Å².